The highest BCUT2D eigenvalue weighted by Gasteiger charge is 2.26. The fraction of sp³-hybridized carbons (Fsp3) is 0.182. The third kappa shape index (κ3) is 4.08. The van der Waals surface area contributed by atoms with Gasteiger partial charge in [0.25, 0.3) is 5.91 Å². The summed E-state index contributed by atoms with van der Waals surface area (Å²) in [4.78, 5) is 41.4. The number of urea groups is 1. The van der Waals surface area contributed by atoms with E-state index in [-0.39, 0.29) is 0 Å². The van der Waals surface area contributed by atoms with Crippen LogP contribution in [0.25, 0.3) is 22.6 Å². The summed E-state index contributed by atoms with van der Waals surface area (Å²) in [5.74, 6) is -1.40. The van der Waals surface area contributed by atoms with E-state index in [1.54, 1.807) is 11.3 Å². The number of fused-ring (bicyclic) bond motifs is 2. The molecule has 1 aromatic carbocycles. The summed E-state index contributed by atoms with van der Waals surface area (Å²) >= 11 is 1.64. The van der Waals surface area contributed by atoms with E-state index in [1.807, 2.05) is 47.1 Å². The molecule has 8 heteroatoms. The maximum Gasteiger partial charge on any atom is 0.339 e. The van der Waals surface area contributed by atoms with Gasteiger partial charge in [-0.1, -0.05) is 24.3 Å². The SMILES string of the molecule is NC(=O)NC(=O)COC(=O)c1c2c(nc3ccccc13)C(=Cc1cccs1)CCC2. The summed E-state index contributed by atoms with van der Waals surface area (Å²) in [7, 11) is 0. The standard InChI is InChI=1S/C22H19N3O4S/c23-22(28)25-18(26)12-29-21(27)19-15-7-1-2-9-17(15)24-20-13(5-3-8-16(19)20)11-14-6-4-10-30-14/h1-2,4,6-7,9-11H,3,5,8,12H2,(H3,23,25,26,28). The van der Waals surface area contributed by atoms with E-state index in [0.29, 0.717) is 22.9 Å². The van der Waals surface area contributed by atoms with Crippen molar-refractivity contribution >= 4 is 51.8 Å². The maximum absolute atomic E-state index is 13.0. The van der Waals surface area contributed by atoms with Crippen LogP contribution in [0.3, 0.4) is 0 Å². The molecule has 2 aromatic heterocycles. The normalized spacial score (nSPS) is 14.3. The number of amides is 3. The number of primary amides is 1. The lowest BCUT2D eigenvalue weighted by Gasteiger charge is -2.22. The van der Waals surface area contributed by atoms with E-state index >= 15 is 0 Å². The van der Waals surface area contributed by atoms with Crippen LogP contribution in [0.4, 0.5) is 4.79 Å². The Bertz CT molecular complexity index is 1170. The number of hydrogen-bond donors (Lipinski definition) is 2. The highest BCUT2D eigenvalue weighted by atomic mass is 32.1. The zero-order chi connectivity index (χ0) is 21.1. The number of benzene rings is 1. The zero-order valence-corrected chi connectivity index (χ0v) is 16.8. The molecule has 3 aromatic rings. The van der Waals surface area contributed by atoms with Gasteiger partial charge in [-0.25, -0.2) is 14.6 Å². The molecule has 0 spiro atoms. The number of hydrogen-bond acceptors (Lipinski definition) is 6. The summed E-state index contributed by atoms with van der Waals surface area (Å²) in [5, 5.41) is 4.58. The van der Waals surface area contributed by atoms with Crippen LogP contribution in [0.1, 0.15) is 39.3 Å². The number of allylic oxidation sites excluding steroid dienone is 1. The fourth-order valence-corrected chi connectivity index (χ4v) is 4.31. The van der Waals surface area contributed by atoms with Gasteiger partial charge >= 0.3 is 12.0 Å². The van der Waals surface area contributed by atoms with Crippen LogP contribution < -0.4 is 11.1 Å². The molecule has 0 radical (unpaired) electrons. The average Bonchev–Trinajstić information content (AvgIpc) is 3.23. The number of imide groups is 1. The van der Waals surface area contributed by atoms with Gasteiger partial charge in [-0.15, -0.1) is 11.3 Å². The number of aromatic nitrogens is 1. The van der Waals surface area contributed by atoms with Gasteiger partial charge in [0.1, 0.15) is 0 Å². The minimum Gasteiger partial charge on any atom is -0.452 e. The fourth-order valence-electron chi connectivity index (χ4n) is 3.63. The molecule has 0 atom stereocenters. The molecule has 1 aliphatic carbocycles. The predicted molar refractivity (Wildman–Crippen MR) is 115 cm³/mol. The Kier molecular flexibility index (Phi) is 5.58. The van der Waals surface area contributed by atoms with E-state index in [4.69, 9.17) is 15.5 Å². The smallest absolute Gasteiger partial charge is 0.339 e. The van der Waals surface area contributed by atoms with Crippen LogP contribution >= 0.6 is 11.3 Å². The van der Waals surface area contributed by atoms with Crippen LogP contribution in [-0.4, -0.2) is 29.5 Å². The van der Waals surface area contributed by atoms with E-state index in [1.165, 1.54) is 0 Å². The second-order valence-electron chi connectivity index (χ2n) is 6.86. The molecule has 0 saturated carbocycles. The van der Waals surface area contributed by atoms with Crippen LogP contribution in [-0.2, 0) is 16.0 Å². The molecule has 3 N–H and O–H groups in total. The van der Waals surface area contributed by atoms with Gasteiger partial charge in [0.15, 0.2) is 6.61 Å². The lowest BCUT2D eigenvalue weighted by molar-refractivity contribution is -0.123. The highest BCUT2D eigenvalue weighted by molar-refractivity contribution is 7.10. The zero-order valence-electron chi connectivity index (χ0n) is 16.0. The molecular formula is C22H19N3O4S. The first kappa shape index (κ1) is 19.8. The Morgan fingerprint density at radius 2 is 2.00 bits per heavy atom. The molecule has 4 rings (SSSR count). The van der Waals surface area contributed by atoms with Gasteiger partial charge in [-0.3, -0.25) is 10.1 Å². The molecule has 0 fully saturated rings. The van der Waals surface area contributed by atoms with Gasteiger partial charge in [-0.05, 0) is 54.0 Å². The number of nitrogens with one attached hydrogen (secondary N) is 1. The minimum atomic E-state index is -0.994. The lowest BCUT2D eigenvalue weighted by atomic mass is 9.86. The van der Waals surface area contributed by atoms with Crippen molar-refractivity contribution in [2.45, 2.75) is 19.3 Å². The van der Waals surface area contributed by atoms with Gasteiger partial charge in [0.2, 0.25) is 0 Å². The molecule has 7 nitrogen and oxygen atoms in total. The van der Waals surface area contributed by atoms with E-state index in [9.17, 15) is 14.4 Å². The molecule has 0 bridgehead atoms. The van der Waals surface area contributed by atoms with Crippen molar-refractivity contribution in [2.75, 3.05) is 6.61 Å². The summed E-state index contributed by atoms with van der Waals surface area (Å²) in [6.07, 6.45) is 4.55. The Morgan fingerprint density at radius 1 is 1.17 bits per heavy atom. The Hall–Kier alpha value is -3.52. The Balaban J connectivity index is 1.76. The number of nitrogens with zero attached hydrogens (tertiary/aromatic N) is 1. The molecule has 0 aliphatic heterocycles. The quantitative estimate of drug-likeness (QED) is 0.626. The van der Waals surface area contributed by atoms with Crippen molar-refractivity contribution in [3.63, 3.8) is 0 Å². The Labute approximate surface area is 176 Å². The monoisotopic (exact) mass is 421 g/mol. The topological polar surface area (TPSA) is 111 Å². The Morgan fingerprint density at radius 3 is 2.77 bits per heavy atom. The third-order valence-electron chi connectivity index (χ3n) is 4.83. The first-order valence-electron chi connectivity index (χ1n) is 9.45. The molecule has 1 aliphatic rings. The van der Waals surface area contributed by atoms with Crippen molar-refractivity contribution in [3.05, 3.63) is 63.5 Å². The number of rotatable bonds is 4. The number of pyridine rings is 1. The molecule has 3 amide bonds. The summed E-state index contributed by atoms with van der Waals surface area (Å²) < 4.78 is 5.20. The van der Waals surface area contributed by atoms with E-state index < -0.39 is 24.5 Å². The van der Waals surface area contributed by atoms with Gasteiger partial charge in [0.05, 0.1) is 16.8 Å². The molecule has 152 valence electrons. The second-order valence-corrected chi connectivity index (χ2v) is 7.84. The number of nitrogens with two attached hydrogens (primary N) is 1. The lowest BCUT2D eigenvalue weighted by Crippen LogP contribution is -2.37. The van der Waals surface area contributed by atoms with Crippen molar-refractivity contribution in [1.82, 2.24) is 10.3 Å². The second kappa shape index (κ2) is 8.46. The van der Waals surface area contributed by atoms with Crippen molar-refractivity contribution < 1.29 is 19.1 Å². The molecule has 0 saturated heterocycles. The molecular weight excluding hydrogens is 402 g/mol. The summed E-state index contributed by atoms with van der Waals surface area (Å²) in [6, 6.07) is 10.4. The number of carbonyl (C=O) groups excluding carboxylic acids is 3. The first-order valence-corrected chi connectivity index (χ1v) is 10.3. The third-order valence-corrected chi connectivity index (χ3v) is 5.65. The summed E-state index contributed by atoms with van der Waals surface area (Å²) in [5.41, 5.74) is 8.71. The van der Waals surface area contributed by atoms with Crippen molar-refractivity contribution in [1.29, 1.82) is 0 Å². The van der Waals surface area contributed by atoms with Crippen molar-refractivity contribution in [3.8, 4) is 0 Å². The molecule has 30 heavy (non-hydrogen) atoms. The van der Waals surface area contributed by atoms with Crippen LogP contribution in [0, 0.1) is 0 Å². The number of carbonyl (C=O) groups is 3. The number of ether oxygens (including phenoxy) is 1. The number of esters is 1. The largest absolute Gasteiger partial charge is 0.452 e. The van der Waals surface area contributed by atoms with E-state index in [2.05, 4.69) is 6.08 Å². The highest BCUT2D eigenvalue weighted by Crippen LogP contribution is 2.36. The van der Waals surface area contributed by atoms with Gasteiger partial charge < -0.3 is 10.5 Å². The van der Waals surface area contributed by atoms with E-state index in [0.717, 1.165) is 34.5 Å². The van der Waals surface area contributed by atoms with Gasteiger partial charge in [-0.2, -0.15) is 0 Å². The van der Waals surface area contributed by atoms with Crippen molar-refractivity contribution in [2.24, 2.45) is 5.73 Å². The van der Waals surface area contributed by atoms with Crippen LogP contribution in [0.5, 0.6) is 0 Å². The molecule has 2 heterocycles. The maximum atomic E-state index is 13.0. The molecule has 0 unspecified atom stereocenters. The number of para-hydroxylation sites is 1. The predicted octanol–water partition coefficient (Wildman–Crippen LogP) is 3.52. The van der Waals surface area contributed by atoms with Crippen LogP contribution in [0.15, 0.2) is 41.8 Å². The average molecular weight is 421 g/mol. The summed E-state index contributed by atoms with van der Waals surface area (Å²) in [6.45, 7) is -0.592. The van der Waals surface area contributed by atoms with Crippen LogP contribution in [0.2, 0.25) is 0 Å². The first-order chi connectivity index (χ1) is 14.5. The minimum absolute atomic E-state index is 0.416. The van der Waals surface area contributed by atoms with Gasteiger partial charge in [0, 0.05) is 10.3 Å². The number of thiophene rings is 1.